The summed E-state index contributed by atoms with van der Waals surface area (Å²) in [4.78, 5) is 13.3. The molecule has 104 valence electrons. The van der Waals surface area contributed by atoms with E-state index in [4.69, 9.17) is 16.2 Å². The van der Waals surface area contributed by atoms with Gasteiger partial charge < -0.3 is 21.1 Å². The molecule has 5 nitrogen and oxygen atoms in total. The molecule has 1 saturated carbocycles. The molecular weight excluding hydrogens is 242 g/mol. The Morgan fingerprint density at radius 3 is 2.68 bits per heavy atom. The molecule has 0 heterocycles. The number of methoxy groups -OCH3 is 1. The summed E-state index contributed by atoms with van der Waals surface area (Å²) < 4.78 is 5.24. The zero-order valence-corrected chi connectivity index (χ0v) is 11.3. The molecule has 5 heteroatoms. The van der Waals surface area contributed by atoms with Crippen LogP contribution in [0.3, 0.4) is 0 Å². The van der Waals surface area contributed by atoms with Crippen molar-refractivity contribution >= 4 is 17.3 Å². The third-order valence-electron chi connectivity index (χ3n) is 3.66. The van der Waals surface area contributed by atoms with Crippen LogP contribution in [0.4, 0.5) is 11.4 Å². The number of anilines is 2. The molecule has 0 saturated heterocycles. The van der Waals surface area contributed by atoms with E-state index in [0.29, 0.717) is 17.5 Å². The second-order valence-corrected chi connectivity index (χ2v) is 4.93. The lowest BCUT2D eigenvalue weighted by Crippen LogP contribution is -2.40. The van der Waals surface area contributed by atoms with Gasteiger partial charge in [-0.1, -0.05) is 18.9 Å². The number of nitrogen functional groups attached to an aromatic ring is 1. The smallest absolute Gasteiger partial charge is 0.236 e. The lowest BCUT2D eigenvalue weighted by molar-refractivity contribution is -0.116. The molecule has 0 unspecified atom stereocenters. The Morgan fingerprint density at radius 1 is 1.42 bits per heavy atom. The molecular formula is C14H21N3O2. The van der Waals surface area contributed by atoms with Crippen molar-refractivity contribution in [3.8, 4) is 5.75 Å². The number of carbonyl (C=O) groups is 1. The fourth-order valence-corrected chi connectivity index (χ4v) is 2.76. The average Bonchev–Trinajstić information content (AvgIpc) is 2.90. The molecule has 0 spiro atoms. The minimum atomic E-state index is -0.339. The van der Waals surface area contributed by atoms with Gasteiger partial charge in [0.15, 0.2) is 0 Å². The largest absolute Gasteiger partial charge is 0.495 e. The Bertz CT molecular complexity index is 456. The number of para-hydroxylation sites is 1. The molecule has 1 amide bonds. The third-order valence-corrected chi connectivity index (χ3v) is 3.66. The fraction of sp³-hybridized carbons (Fsp3) is 0.500. The summed E-state index contributed by atoms with van der Waals surface area (Å²) in [6, 6.07) is 5.95. The van der Waals surface area contributed by atoms with Crippen molar-refractivity contribution in [2.24, 2.45) is 5.73 Å². The van der Waals surface area contributed by atoms with Crippen LogP contribution in [0.15, 0.2) is 18.2 Å². The summed E-state index contributed by atoms with van der Waals surface area (Å²) in [6.45, 7) is 0.196. The summed E-state index contributed by atoms with van der Waals surface area (Å²) >= 11 is 0. The highest BCUT2D eigenvalue weighted by Crippen LogP contribution is 2.36. The van der Waals surface area contributed by atoms with Crippen molar-refractivity contribution in [2.75, 3.05) is 24.3 Å². The first-order valence-electron chi connectivity index (χ1n) is 6.61. The predicted octanol–water partition coefficient (Wildman–Crippen LogP) is 1.51. The normalized spacial score (nSPS) is 15.4. The molecule has 4 N–H and O–H groups in total. The number of nitrogens with two attached hydrogens (primary N) is 2. The van der Waals surface area contributed by atoms with E-state index < -0.39 is 0 Å². The second-order valence-electron chi connectivity index (χ2n) is 4.93. The van der Waals surface area contributed by atoms with Gasteiger partial charge in [-0.05, 0) is 25.0 Å². The topological polar surface area (TPSA) is 81.6 Å². The highest BCUT2D eigenvalue weighted by molar-refractivity contribution is 5.83. The lowest BCUT2D eigenvalue weighted by atomic mass is 10.1. The van der Waals surface area contributed by atoms with Gasteiger partial charge in [0.1, 0.15) is 5.75 Å². The van der Waals surface area contributed by atoms with Gasteiger partial charge in [-0.25, -0.2) is 0 Å². The number of nitrogens with zero attached hydrogens (tertiary/aromatic N) is 1. The Labute approximate surface area is 113 Å². The SMILES string of the molecule is COc1cccc(N(CC(N)=O)C2CCCC2)c1N. The Balaban J connectivity index is 2.34. The summed E-state index contributed by atoms with van der Waals surface area (Å²) in [6.07, 6.45) is 4.52. The second kappa shape index (κ2) is 5.82. The lowest BCUT2D eigenvalue weighted by Gasteiger charge is -2.31. The third kappa shape index (κ3) is 2.92. The molecule has 0 aromatic heterocycles. The van der Waals surface area contributed by atoms with Gasteiger partial charge in [0.2, 0.25) is 5.91 Å². The monoisotopic (exact) mass is 263 g/mol. The first kappa shape index (κ1) is 13.5. The van der Waals surface area contributed by atoms with E-state index in [-0.39, 0.29) is 12.5 Å². The number of hydrogen-bond acceptors (Lipinski definition) is 4. The standard InChI is InChI=1S/C14H21N3O2/c1-19-12-8-4-7-11(14(12)16)17(9-13(15)18)10-5-2-3-6-10/h4,7-8,10H,2-3,5-6,9,16H2,1H3,(H2,15,18). The Hall–Kier alpha value is -1.91. The maximum absolute atomic E-state index is 11.3. The summed E-state index contributed by atoms with van der Waals surface area (Å²) in [7, 11) is 1.59. The van der Waals surface area contributed by atoms with Crippen LogP contribution in [0.25, 0.3) is 0 Å². The number of rotatable bonds is 5. The minimum Gasteiger partial charge on any atom is -0.495 e. The molecule has 0 atom stereocenters. The quantitative estimate of drug-likeness (QED) is 0.789. The summed E-state index contributed by atoms with van der Waals surface area (Å²) in [5, 5.41) is 0. The van der Waals surface area contributed by atoms with Gasteiger partial charge in [-0.15, -0.1) is 0 Å². The number of carbonyl (C=O) groups excluding carboxylic acids is 1. The van der Waals surface area contributed by atoms with Crippen LogP contribution >= 0.6 is 0 Å². The zero-order valence-electron chi connectivity index (χ0n) is 11.3. The van der Waals surface area contributed by atoms with Gasteiger partial charge in [-0.2, -0.15) is 0 Å². The first-order valence-corrected chi connectivity index (χ1v) is 6.61. The molecule has 0 bridgehead atoms. The van der Waals surface area contributed by atoms with Crippen LogP contribution in [-0.4, -0.2) is 25.6 Å². The van der Waals surface area contributed by atoms with E-state index >= 15 is 0 Å². The van der Waals surface area contributed by atoms with Gasteiger partial charge in [0.25, 0.3) is 0 Å². The maximum Gasteiger partial charge on any atom is 0.236 e. The van der Waals surface area contributed by atoms with Crippen molar-refractivity contribution in [3.63, 3.8) is 0 Å². The van der Waals surface area contributed by atoms with Crippen molar-refractivity contribution in [2.45, 2.75) is 31.7 Å². The van der Waals surface area contributed by atoms with Gasteiger partial charge in [0, 0.05) is 6.04 Å². The number of ether oxygens (including phenoxy) is 1. The van der Waals surface area contributed by atoms with E-state index in [1.165, 1.54) is 12.8 Å². The maximum atomic E-state index is 11.3. The fourth-order valence-electron chi connectivity index (χ4n) is 2.76. The van der Waals surface area contributed by atoms with Crippen LogP contribution in [0.5, 0.6) is 5.75 Å². The number of amides is 1. The first-order chi connectivity index (χ1) is 9.13. The van der Waals surface area contributed by atoms with E-state index in [1.54, 1.807) is 7.11 Å². The molecule has 2 rings (SSSR count). The Morgan fingerprint density at radius 2 is 2.11 bits per heavy atom. The highest BCUT2D eigenvalue weighted by atomic mass is 16.5. The molecule has 19 heavy (non-hydrogen) atoms. The van der Waals surface area contributed by atoms with Crippen LogP contribution in [0, 0.1) is 0 Å². The van der Waals surface area contributed by atoms with Crippen molar-refractivity contribution in [3.05, 3.63) is 18.2 Å². The van der Waals surface area contributed by atoms with E-state index in [9.17, 15) is 4.79 Å². The molecule has 0 aliphatic heterocycles. The van der Waals surface area contributed by atoms with Gasteiger partial charge in [-0.3, -0.25) is 4.79 Å². The van der Waals surface area contributed by atoms with E-state index in [0.717, 1.165) is 18.5 Å². The number of primary amides is 1. The van der Waals surface area contributed by atoms with Crippen molar-refractivity contribution in [1.82, 2.24) is 0 Å². The molecule has 1 aromatic rings. The van der Waals surface area contributed by atoms with Crippen LogP contribution in [0.1, 0.15) is 25.7 Å². The summed E-state index contributed by atoms with van der Waals surface area (Å²) in [5.74, 6) is 0.291. The predicted molar refractivity (Wildman–Crippen MR) is 76.2 cm³/mol. The highest BCUT2D eigenvalue weighted by Gasteiger charge is 2.26. The molecule has 1 aromatic carbocycles. The molecule has 0 radical (unpaired) electrons. The van der Waals surface area contributed by atoms with E-state index in [1.807, 2.05) is 23.1 Å². The van der Waals surface area contributed by atoms with Crippen molar-refractivity contribution in [1.29, 1.82) is 0 Å². The Kier molecular flexibility index (Phi) is 4.14. The molecule has 1 aliphatic rings. The van der Waals surface area contributed by atoms with Crippen LogP contribution in [-0.2, 0) is 4.79 Å². The van der Waals surface area contributed by atoms with E-state index in [2.05, 4.69) is 0 Å². The van der Waals surface area contributed by atoms with Crippen molar-refractivity contribution < 1.29 is 9.53 Å². The van der Waals surface area contributed by atoms with Gasteiger partial charge >= 0.3 is 0 Å². The van der Waals surface area contributed by atoms with Crippen LogP contribution in [0.2, 0.25) is 0 Å². The summed E-state index contributed by atoms with van der Waals surface area (Å²) in [5.41, 5.74) is 12.9. The number of benzene rings is 1. The van der Waals surface area contributed by atoms with Gasteiger partial charge in [0.05, 0.1) is 25.0 Å². The average molecular weight is 263 g/mol. The minimum absolute atomic E-state index is 0.196. The van der Waals surface area contributed by atoms with Crippen LogP contribution < -0.4 is 21.1 Å². The number of hydrogen-bond donors (Lipinski definition) is 2. The molecule has 1 aliphatic carbocycles. The zero-order chi connectivity index (χ0) is 13.8. The molecule has 1 fully saturated rings.